The maximum atomic E-state index is 13.5. The number of rotatable bonds is 8. The molecule has 0 aliphatic rings. The number of nitrogens with one attached hydrogen (secondary N) is 3. The van der Waals surface area contributed by atoms with E-state index in [1.807, 2.05) is 31.2 Å². The molecule has 0 bridgehead atoms. The number of benzene rings is 2. The van der Waals surface area contributed by atoms with Gasteiger partial charge in [0.2, 0.25) is 0 Å². The van der Waals surface area contributed by atoms with E-state index in [1.165, 1.54) is 6.07 Å². The molecule has 0 saturated heterocycles. The third-order valence-electron chi connectivity index (χ3n) is 3.79. The molecule has 0 atom stereocenters. The Labute approximate surface area is 158 Å². The molecule has 0 unspecified atom stereocenters. The highest BCUT2D eigenvalue weighted by Gasteiger charge is 2.08. The summed E-state index contributed by atoms with van der Waals surface area (Å²) in [5.74, 6) is -0.0510. The van der Waals surface area contributed by atoms with Gasteiger partial charge >= 0.3 is 6.03 Å². The molecule has 2 rings (SSSR count). The van der Waals surface area contributed by atoms with Crippen molar-refractivity contribution in [2.75, 3.05) is 19.7 Å². The number of amides is 3. The molecular weight excluding hydrogens is 349 g/mol. The minimum atomic E-state index is -0.423. The van der Waals surface area contributed by atoms with Crippen molar-refractivity contribution in [1.82, 2.24) is 16.0 Å². The SMILES string of the molecule is CCOc1cccc(CNC(=O)NCCNC(=O)c2ccc(C)c(F)c2)c1. The molecule has 3 amide bonds. The second-order valence-corrected chi connectivity index (χ2v) is 5.91. The molecule has 7 heteroatoms. The molecule has 0 fully saturated rings. The van der Waals surface area contributed by atoms with Crippen LogP contribution in [0.15, 0.2) is 42.5 Å². The maximum Gasteiger partial charge on any atom is 0.315 e. The van der Waals surface area contributed by atoms with E-state index in [-0.39, 0.29) is 30.6 Å². The van der Waals surface area contributed by atoms with Crippen molar-refractivity contribution < 1.29 is 18.7 Å². The molecule has 27 heavy (non-hydrogen) atoms. The average molecular weight is 373 g/mol. The summed E-state index contributed by atoms with van der Waals surface area (Å²) in [6.45, 7) is 4.98. The molecule has 0 heterocycles. The van der Waals surface area contributed by atoms with E-state index in [0.717, 1.165) is 11.3 Å². The monoisotopic (exact) mass is 373 g/mol. The van der Waals surface area contributed by atoms with E-state index in [0.29, 0.717) is 18.7 Å². The summed E-state index contributed by atoms with van der Waals surface area (Å²) in [4.78, 5) is 23.7. The molecule has 0 aliphatic heterocycles. The van der Waals surface area contributed by atoms with Crippen LogP contribution in [0, 0.1) is 12.7 Å². The zero-order chi connectivity index (χ0) is 19.6. The van der Waals surface area contributed by atoms with Gasteiger partial charge in [0.15, 0.2) is 0 Å². The van der Waals surface area contributed by atoms with Crippen LogP contribution in [0.1, 0.15) is 28.4 Å². The Hall–Kier alpha value is -3.09. The predicted molar refractivity (Wildman–Crippen MR) is 101 cm³/mol. The first-order valence-corrected chi connectivity index (χ1v) is 8.77. The lowest BCUT2D eigenvalue weighted by Gasteiger charge is -2.10. The van der Waals surface area contributed by atoms with Gasteiger partial charge in [-0.1, -0.05) is 18.2 Å². The molecule has 144 valence electrons. The van der Waals surface area contributed by atoms with Gasteiger partial charge in [0.25, 0.3) is 5.91 Å². The van der Waals surface area contributed by atoms with Crippen LogP contribution in [0.5, 0.6) is 5.75 Å². The van der Waals surface area contributed by atoms with Crippen molar-refractivity contribution in [3.63, 3.8) is 0 Å². The predicted octanol–water partition coefficient (Wildman–Crippen LogP) is 2.76. The van der Waals surface area contributed by atoms with Crippen molar-refractivity contribution in [2.45, 2.75) is 20.4 Å². The summed E-state index contributed by atoms with van der Waals surface area (Å²) in [6, 6.07) is 11.4. The molecule has 2 aromatic carbocycles. The first-order valence-electron chi connectivity index (χ1n) is 8.77. The summed E-state index contributed by atoms with van der Waals surface area (Å²) >= 11 is 0. The fourth-order valence-electron chi connectivity index (χ4n) is 2.34. The van der Waals surface area contributed by atoms with Gasteiger partial charge in [-0.15, -0.1) is 0 Å². The summed E-state index contributed by atoms with van der Waals surface area (Å²) < 4.78 is 18.9. The lowest BCUT2D eigenvalue weighted by atomic mass is 10.1. The highest BCUT2D eigenvalue weighted by Crippen LogP contribution is 2.13. The van der Waals surface area contributed by atoms with Gasteiger partial charge < -0.3 is 20.7 Å². The van der Waals surface area contributed by atoms with Crippen LogP contribution in [0.3, 0.4) is 0 Å². The van der Waals surface area contributed by atoms with Crippen molar-refractivity contribution in [3.05, 3.63) is 65.0 Å². The average Bonchev–Trinajstić information content (AvgIpc) is 2.66. The molecule has 2 aromatic rings. The van der Waals surface area contributed by atoms with Crippen LogP contribution in [0.25, 0.3) is 0 Å². The number of hydrogen-bond acceptors (Lipinski definition) is 3. The Morgan fingerprint density at radius 3 is 2.56 bits per heavy atom. The first-order chi connectivity index (χ1) is 13.0. The number of aryl methyl sites for hydroxylation is 1. The van der Waals surface area contributed by atoms with E-state index in [2.05, 4.69) is 16.0 Å². The molecule has 0 radical (unpaired) electrons. The third kappa shape index (κ3) is 6.62. The van der Waals surface area contributed by atoms with E-state index >= 15 is 0 Å². The lowest BCUT2D eigenvalue weighted by Crippen LogP contribution is -2.40. The zero-order valence-corrected chi connectivity index (χ0v) is 15.5. The number of ether oxygens (including phenoxy) is 1. The summed E-state index contributed by atoms with van der Waals surface area (Å²) in [5.41, 5.74) is 1.65. The van der Waals surface area contributed by atoms with E-state index < -0.39 is 5.82 Å². The Balaban J connectivity index is 1.67. The van der Waals surface area contributed by atoms with Crippen LogP contribution in [0.4, 0.5) is 9.18 Å². The number of carbonyl (C=O) groups is 2. The quantitative estimate of drug-likeness (QED) is 0.623. The lowest BCUT2D eigenvalue weighted by molar-refractivity contribution is 0.0953. The zero-order valence-electron chi connectivity index (χ0n) is 15.5. The van der Waals surface area contributed by atoms with E-state index in [9.17, 15) is 14.0 Å². The van der Waals surface area contributed by atoms with Crippen LogP contribution in [-0.4, -0.2) is 31.6 Å². The minimum absolute atomic E-state index is 0.238. The van der Waals surface area contributed by atoms with Crippen molar-refractivity contribution in [3.8, 4) is 5.75 Å². The first kappa shape index (κ1) is 20.2. The molecule has 3 N–H and O–H groups in total. The van der Waals surface area contributed by atoms with E-state index in [4.69, 9.17) is 4.74 Å². The van der Waals surface area contributed by atoms with Crippen LogP contribution in [0.2, 0.25) is 0 Å². The summed E-state index contributed by atoms with van der Waals surface area (Å²) in [7, 11) is 0. The van der Waals surface area contributed by atoms with Crippen molar-refractivity contribution in [1.29, 1.82) is 0 Å². The Morgan fingerprint density at radius 2 is 1.81 bits per heavy atom. The smallest absolute Gasteiger partial charge is 0.315 e. The molecular formula is C20H24FN3O3. The van der Waals surface area contributed by atoms with Gasteiger partial charge in [-0.25, -0.2) is 9.18 Å². The highest BCUT2D eigenvalue weighted by atomic mass is 19.1. The Morgan fingerprint density at radius 1 is 1.04 bits per heavy atom. The van der Waals surface area contributed by atoms with Gasteiger partial charge in [0, 0.05) is 25.2 Å². The number of hydrogen-bond donors (Lipinski definition) is 3. The van der Waals surface area contributed by atoms with Gasteiger partial charge in [-0.05, 0) is 49.2 Å². The summed E-state index contributed by atoms with van der Waals surface area (Å²) in [6.07, 6.45) is 0. The number of urea groups is 1. The second-order valence-electron chi connectivity index (χ2n) is 5.91. The normalized spacial score (nSPS) is 10.2. The van der Waals surface area contributed by atoms with Gasteiger partial charge in [0.1, 0.15) is 11.6 Å². The highest BCUT2D eigenvalue weighted by molar-refractivity contribution is 5.94. The second kappa shape index (κ2) is 10.2. The molecule has 0 saturated carbocycles. The fourth-order valence-corrected chi connectivity index (χ4v) is 2.34. The fraction of sp³-hybridized carbons (Fsp3) is 0.300. The van der Waals surface area contributed by atoms with Crippen molar-refractivity contribution >= 4 is 11.9 Å². The van der Waals surface area contributed by atoms with Crippen molar-refractivity contribution in [2.24, 2.45) is 0 Å². The Kier molecular flexibility index (Phi) is 7.61. The maximum absolute atomic E-state index is 13.5. The molecule has 0 aliphatic carbocycles. The molecule has 0 spiro atoms. The topological polar surface area (TPSA) is 79.5 Å². The number of halogens is 1. The van der Waals surface area contributed by atoms with Crippen LogP contribution < -0.4 is 20.7 Å². The minimum Gasteiger partial charge on any atom is -0.494 e. The van der Waals surface area contributed by atoms with Gasteiger partial charge in [0.05, 0.1) is 6.61 Å². The van der Waals surface area contributed by atoms with Crippen LogP contribution in [-0.2, 0) is 6.54 Å². The third-order valence-corrected chi connectivity index (χ3v) is 3.79. The van der Waals surface area contributed by atoms with Crippen LogP contribution >= 0.6 is 0 Å². The Bertz CT molecular complexity index is 796. The summed E-state index contributed by atoms with van der Waals surface area (Å²) in [5, 5.41) is 8.02. The van der Waals surface area contributed by atoms with E-state index in [1.54, 1.807) is 19.1 Å². The van der Waals surface area contributed by atoms with Gasteiger partial charge in [-0.3, -0.25) is 4.79 Å². The number of carbonyl (C=O) groups excluding carboxylic acids is 2. The molecule has 6 nitrogen and oxygen atoms in total. The standard InChI is InChI=1S/C20H24FN3O3/c1-3-27-17-6-4-5-15(11-17)13-24-20(26)23-10-9-22-19(25)16-8-7-14(2)18(21)12-16/h4-8,11-12H,3,9-10,13H2,1-2H3,(H,22,25)(H2,23,24,26). The largest absolute Gasteiger partial charge is 0.494 e. The molecule has 0 aromatic heterocycles. The van der Waals surface area contributed by atoms with Gasteiger partial charge in [-0.2, -0.15) is 0 Å².